The molecule has 0 saturated heterocycles. The van der Waals surface area contributed by atoms with Crippen LogP contribution in [0.2, 0.25) is 0 Å². The summed E-state index contributed by atoms with van der Waals surface area (Å²) < 4.78 is 16.0. The van der Waals surface area contributed by atoms with Crippen molar-refractivity contribution in [3.8, 4) is 0 Å². The molecule has 1 aliphatic heterocycles. The molecule has 156 valence electrons. The van der Waals surface area contributed by atoms with Gasteiger partial charge in [-0.05, 0) is 24.6 Å². The zero-order valence-corrected chi connectivity index (χ0v) is 17.3. The summed E-state index contributed by atoms with van der Waals surface area (Å²) in [6.45, 7) is 4.71. The Hall–Kier alpha value is -2.48. The Labute approximate surface area is 171 Å². The van der Waals surface area contributed by atoms with E-state index in [0.717, 1.165) is 17.0 Å². The average Bonchev–Trinajstić information content (AvgIpc) is 3.40. The van der Waals surface area contributed by atoms with Gasteiger partial charge in [0, 0.05) is 33.7 Å². The van der Waals surface area contributed by atoms with Crippen LogP contribution < -0.4 is 0 Å². The monoisotopic (exact) mass is 399 g/mol. The second kappa shape index (κ2) is 10.3. The highest BCUT2D eigenvalue weighted by Crippen LogP contribution is 2.33. The van der Waals surface area contributed by atoms with Crippen LogP contribution in [0.1, 0.15) is 29.3 Å². The Morgan fingerprint density at radius 1 is 1.17 bits per heavy atom. The van der Waals surface area contributed by atoms with E-state index >= 15 is 0 Å². The van der Waals surface area contributed by atoms with Crippen LogP contribution in [0, 0.1) is 6.92 Å². The van der Waals surface area contributed by atoms with Gasteiger partial charge < -0.3 is 13.9 Å². The predicted octanol–water partition coefficient (Wildman–Crippen LogP) is 2.86. The number of aryl methyl sites for hydroxylation is 1. The lowest BCUT2D eigenvalue weighted by Gasteiger charge is -2.25. The maximum Gasteiger partial charge on any atom is 0.257 e. The number of hydrogen-bond donors (Lipinski definition) is 0. The van der Waals surface area contributed by atoms with E-state index in [-0.39, 0.29) is 18.5 Å². The standard InChI is InChI=1S/C22H29N3O4/c1-17-6-8-18(9-7-17)19-15-20(21-5-4-12-29-21)25(23-19)22(26)16-24(10-13-27-2)11-14-28-3/h4-9,12,20H,10-11,13-16H2,1-3H3/t20-/m1/s1. The van der Waals surface area contributed by atoms with E-state index in [1.165, 1.54) is 5.56 Å². The summed E-state index contributed by atoms with van der Waals surface area (Å²) in [5.74, 6) is 0.672. The molecule has 0 unspecified atom stereocenters. The lowest BCUT2D eigenvalue weighted by atomic mass is 10.0. The molecular weight excluding hydrogens is 370 g/mol. The summed E-state index contributed by atoms with van der Waals surface area (Å²) >= 11 is 0. The third kappa shape index (κ3) is 5.53. The van der Waals surface area contributed by atoms with Gasteiger partial charge in [0.1, 0.15) is 11.8 Å². The third-order valence-corrected chi connectivity index (χ3v) is 5.00. The van der Waals surface area contributed by atoms with Crippen LogP contribution in [0.5, 0.6) is 0 Å². The van der Waals surface area contributed by atoms with Crippen molar-refractivity contribution >= 4 is 11.6 Å². The van der Waals surface area contributed by atoms with E-state index in [2.05, 4.69) is 19.1 Å². The van der Waals surface area contributed by atoms with Crippen molar-refractivity contribution in [1.29, 1.82) is 0 Å². The Morgan fingerprint density at radius 3 is 2.45 bits per heavy atom. The zero-order chi connectivity index (χ0) is 20.6. The number of furan rings is 1. The van der Waals surface area contributed by atoms with Crippen LogP contribution in [-0.2, 0) is 14.3 Å². The van der Waals surface area contributed by atoms with Gasteiger partial charge in [0.2, 0.25) is 0 Å². The summed E-state index contributed by atoms with van der Waals surface area (Å²) in [5, 5.41) is 6.26. The van der Waals surface area contributed by atoms with Crippen LogP contribution in [0.15, 0.2) is 52.2 Å². The summed E-state index contributed by atoms with van der Waals surface area (Å²) in [6, 6.07) is 11.7. The van der Waals surface area contributed by atoms with E-state index in [9.17, 15) is 4.79 Å². The topological polar surface area (TPSA) is 67.5 Å². The highest BCUT2D eigenvalue weighted by molar-refractivity contribution is 6.03. The first-order chi connectivity index (χ1) is 14.1. The molecule has 7 heteroatoms. The number of benzene rings is 1. The van der Waals surface area contributed by atoms with E-state index in [1.54, 1.807) is 25.5 Å². The van der Waals surface area contributed by atoms with Gasteiger partial charge in [-0.15, -0.1) is 0 Å². The minimum atomic E-state index is -0.236. The fourth-order valence-electron chi connectivity index (χ4n) is 3.34. The molecule has 1 aromatic carbocycles. The first-order valence-electron chi connectivity index (χ1n) is 9.82. The van der Waals surface area contributed by atoms with Gasteiger partial charge in [-0.1, -0.05) is 29.8 Å². The van der Waals surface area contributed by atoms with Gasteiger partial charge in [-0.2, -0.15) is 5.10 Å². The minimum absolute atomic E-state index is 0.0688. The highest BCUT2D eigenvalue weighted by Gasteiger charge is 2.35. The van der Waals surface area contributed by atoms with Crippen molar-refractivity contribution in [1.82, 2.24) is 9.91 Å². The number of hydrogen-bond acceptors (Lipinski definition) is 6. The van der Waals surface area contributed by atoms with Gasteiger partial charge in [0.25, 0.3) is 5.91 Å². The predicted molar refractivity (Wildman–Crippen MR) is 111 cm³/mol. The van der Waals surface area contributed by atoms with E-state index < -0.39 is 0 Å². The number of ether oxygens (including phenoxy) is 2. The lowest BCUT2D eigenvalue weighted by molar-refractivity contribution is -0.134. The molecule has 0 aliphatic carbocycles. The maximum absolute atomic E-state index is 13.2. The molecule has 2 heterocycles. The number of rotatable bonds is 10. The quantitative estimate of drug-likeness (QED) is 0.615. The zero-order valence-electron chi connectivity index (χ0n) is 17.3. The Bertz CT molecular complexity index is 794. The third-order valence-electron chi connectivity index (χ3n) is 5.00. The van der Waals surface area contributed by atoms with Crippen LogP contribution in [0.4, 0.5) is 0 Å². The van der Waals surface area contributed by atoms with Crippen molar-refractivity contribution in [2.24, 2.45) is 5.10 Å². The summed E-state index contributed by atoms with van der Waals surface area (Å²) in [6.07, 6.45) is 2.25. The average molecular weight is 399 g/mol. The van der Waals surface area contributed by atoms with Gasteiger partial charge in [-0.25, -0.2) is 5.01 Å². The van der Waals surface area contributed by atoms with Crippen LogP contribution in [0.3, 0.4) is 0 Å². The van der Waals surface area contributed by atoms with Crippen LogP contribution in [-0.4, -0.2) is 68.6 Å². The van der Waals surface area contributed by atoms with Gasteiger partial charge in [-0.3, -0.25) is 9.69 Å². The first-order valence-corrected chi connectivity index (χ1v) is 9.82. The number of hydrazone groups is 1. The number of carbonyl (C=O) groups excluding carboxylic acids is 1. The molecule has 0 bridgehead atoms. The Balaban J connectivity index is 1.79. The van der Waals surface area contributed by atoms with Crippen molar-refractivity contribution < 1.29 is 18.7 Å². The van der Waals surface area contributed by atoms with Crippen LogP contribution in [0.25, 0.3) is 0 Å². The fraction of sp³-hybridized carbons (Fsp3) is 0.455. The summed E-state index contributed by atoms with van der Waals surface area (Å²) in [7, 11) is 3.31. The molecule has 1 atom stereocenters. The molecule has 1 aromatic heterocycles. The van der Waals surface area contributed by atoms with E-state index in [1.807, 2.05) is 29.2 Å². The Morgan fingerprint density at radius 2 is 1.86 bits per heavy atom. The van der Waals surface area contributed by atoms with Crippen molar-refractivity contribution in [2.75, 3.05) is 47.1 Å². The molecule has 2 aromatic rings. The van der Waals surface area contributed by atoms with Gasteiger partial charge in [0.15, 0.2) is 0 Å². The first kappa shape index (κ1) is 21.2. The molecule has 1 aliphatic rings. The normalized spacial score (nSPS) is 16.5. The van der Waals surface area contributed by atoms with Crippen molar-refractivity contribution in [3.05, 3.63) is 59.5 Å². The molecule has 0 saturated carbocycles. The number of carbonyl (C=O) groups is 1. The molecule has 1 amide bonds. The molecule has 0 fully saturated rings. The number of amides is 1. The smallest absolute Gasteiger partial charge is 0.257 e. The minimum Gasteiger partial charge on any atom is -0.467 e. The molecule has 3 rings (SSSR count). The Kier molecular flexibility index (Phi) is 7.57. The lowest BCUT2D eigenvalue weighted by Crippen LogP contribution is -2.41. The van der Waals surface area contributed by atoms with Crippen LogP contribution >= 0.6 is 0 Å². The molecule has 0 radical (unpaired) electrons. The molecule has 0 N–H and O–H groups in total. The highest BCUT2D eigenvalue weighted by atomic mass is 16.5. The second-order valence-corrected chi connectivity index (χ2v) is 7.15. The van der Waals surface area contributed by atoms with Crippen molar-refractivity contribution in [3.63, 3.8) is 0 Å². The summed E-state index contributed by atoms with van der Waals surface area (Å²) in [4.78, 5) is 15.2. The molecule has 29 heavy (non-hydrogen) atoms. The second-order valence-electron chi connectivity index (χ2n) is 7.15. The largest absolute Gasteiger partial charge is 0.467 e. The SMILES string of the molecule is COCCN(CCOC)CC(=O)N1N=C(c2ccc(C)cc2)C[C@@H]1c1ccco1. The van der Waals surface area contributed by atoms with Gasteiger partial charge >= 0.3 is 0 Å². The molecule has 7 nitrogen and oxygen atoms in total. The maximum atomic E-state index is 13.2. The van der Waals surface area contributed by atoms with Crippen molar-refractivity contribution in [2.45, 2.75) is 19.4 Å². The van der Waals surface area contributed by atoms with Gasteiger partial charge in [0.05, 0.1) is 31.7 Å². The fourth-order valence-corrected chi connectivity index (χ4v) is 3.34. The number of nitrogens with zero attached hydrogens (tertiary/aromatic N) is 3. The molecule has 0 spiro atoms. The number of methoxy groups -OCH3 is 2. The summed E-state index contributed by atoms with van der Waals surface area (Å²) in [5.41, 5.74) is 3.10. The van der Waals surface area contributed by atoms with E-state index in [0.29, 0.717) is 32.7 Å². The molecular formula is C22H29N3O4. The van der Waals surface area contributed by atoms with E-state index in [4.69, 9.17) is 19.0 Å².